The molecule has 0 spiro atoms. The minimum absolute atomic E-state index is 0.0353. The van der Waals surface area contributed by atoms with Crippen molar-refractivity contribution in [2.24, 2.45) is 0 Å². The average Bonchev–Trinajstić information content (AvgIpc) is 2.83. The molecule has 0 atom stereocenters. The Balaban J connectivity index is 1.60. The van der Waals surface area contributed by atoms with E-state index in [0.717, 1.165) is 11.1 Å². The van der Waals surface area contributed by atoms with Gasteiger partial charge in [-0.25, -0.2) is 8.78 Å². The quantitative estimate of drug-likeness (QED) is 0.291. The summed E-state index contributed by atoms with van der Waals surface area (Å²) in [5.74, 6) is -1.23. The van der Waals surface area contributed by atoms with Crippen molar-refractivity contribution in [2.75, 3.05) is 13.2 Å². The van der Waals surface area contributed by atoms with E-state index in [9.17, 15) is 18.4 Å². The lowest BCUT2D eigenvalue weighted by Gasteiger charge is -2.16. The number of aryl methyl sites for hydroxylation is 2. The van der Waals surface area contributed by atoms with Gasteiger partial charge >= 0.3 is 0 Å². The van der Waals surface area contributed by atoms with E-state index in [4.69, 9.17) is 9.47 Å². The number of carbonyl (C=O) groups excluding carboxylic acids is 2. The molecule has 0 N–H and O–H groups in total. The zero-order valence-electron chi connectivity index (χ0n) is 18.7. The number of halogens is 2. The average molecular weight is 460 g/mol. The number of benzene rings is 4. The van der Waals surface area contributed by atoms with E-state index in [2.05, 4.69) is 0 Å². The molecule has 4 aromatic carbocycles. The minimum atomic E-state index is -0.600. The van der Waals surface area contributed by atoms with Gasteiger partial charge in [-0.2, -0.15) is 0 Å². The predicted octanol–water partition coefficient (Wildman–Crippen LogP) is 6.26. The summed E-state index contributed by atoms with van der Waals surface area (Å²) in [4.78, 5) is 25.0. The first kappa shape index (κ1) is 23.1. The van der Waals surface area contributed by atoms with Crippen LogP contribution in [0.1, 0.15) is 31.8 Å². The molecular formula is C28H22F2O4. The van der Waals surface area contributed by atoms with E-state index < -0.39 is 23.2 Å². The van der Waals surface area contributed by atoms with Crippen LogP contribution in [0.4, 0.5) is 8.78 Å². The zero-order valence-corrected chi connectivity index (χ0v) is 18.7. The summed E-state index contributed by atoms with van der Waals surface area (Å²) in [5.41, 5.74) is 1.50. The maximum atomic E-state index is 13.9. The highest BCUT2D eigenvalue weighted by Gasteiger charge is 2.18. The lowest BCUT2D eigenvalue weighted by atomic mass is 10.0. The topological polar surface area (TPSA) is 52.6 Å². The molecule has 0 aliphatic carbocycles. The molecule has 4 nitrogen and oxygen atoms in total. The Bertz CT molecular complexity index is 1290. The van der Waals surface area contributed by atoms with Crippen LogP contribution in [0.25, 0.3) is 10.8 Å². The van der Waals surface area contributed by atoms with Crippen molar-refractivity contribution in [3.63, 3.8) is 0 Å². The number of Topliss-reactive ketones (excluding diaryl/α,β-unsaturated/α-hetero) is 2. The standard InChI is InChI=1S/C28H22F2O4/c1-17-11-13-20-19(27(17)33-15-25(31)21-7-3-5-9-23(21)29)14-12-18(2)28(20)34-16-26(32)22-8-4-6-10-24(22)30/h3-14H,15-16H2,1-2H3. The second-order valence-corrected chi connectivity index (χ2v) is 7.90. The molecule has 34 heavy (non-hydrogen) atoms. The van der Waals surface area contributed by atoms with Crippen molar-refractivity contribution < 1.29 is 27.8 Å². The molecule has 0 unspecified atom stereocenters. The molecule has 0 aromatic heterocycles. The number of ether oxygens (including phenoxy) is 2. The third-order valence-electron chi connectivity index (χ3n) is 5.54. The number of hydrogen-bond acceptors (Lipinski definition) is 4. The smallest absolute Gasteiger partial charge is 0.203 e. The Morgan fingerprint density at radius 1 is 0.618 bits per heavy atom. The van der Waals surface area contributed by atoms with Gasteiger partial charge in [0.1, 0.15) is 23.1 Å². The van der Waals surface area contributed by atoms with Crippen molar-refractivity contribution in [2.45, 2.75) is 13.8 Å². The minimum Gasteiger partial charge on any atom is -0.485 e. The third-order valence-corrected chi connectivity index (χ3v) is 5.54. The third kappa shape index (κ3) is 4.66. The van der Waals surface area contributed by atoms with E-state index >= 15 is 0 Å². The van der Waals surface area contributed by atoms with Gasteiger partial charge in [-0.3, -0.25) is 9.59 Å². The Hall–Kier alpha value is -4.06. The van der Waals surface area contributed by atoms with Crippen molar-refractivity contribution in [1.82, 2.24) is 0 Å². The lowest BCUT2D eigenvalue weighted by molar-refractivity contribution is 0.0910. The fourth-order valence-corrected chi connectivity index (χ4v) is 3.76. The largest absolute Gasteiger partial charge is 0.485 e. The molecule has 0 heterocycles. The van der Waals surface area contributed by atoms with E-state index in [1.807, 2.05) is 38.1 Å². The summed E-state index contributed by atoms with van der Waals surface area (Å²) in [6.07, 6.45) is 0. The molecule has 0 aliphatic heterocycles. The molecule has 0 bridgehead atoms. The highest BCUT2D eigenvalue weighted by Crippen LogP contribution is 2.37. The Labute approximate surface area is 195 Å². The SMILES string of the molecule is Cc1ccc2c(OCC(=O)c3ccccc3F)c(C)ccc2c1OCC(=O)c1ccccc1F. The van der Waals surface area contributed by atoms with E-state index in [1.54, 1.807) is 12.1 Å². The Morgan fingerprint density at radius 2 is 1.00 bits per heavy atom. The van der Waals surface area contributed by atoms with Crippen LogP contribution in [0.3, 0.4) is 0 Å². The van der Waals surface area contributed by atoms with Gasteiger partial charge in [-0.1, -0.05) is 48.5 Å². The number of fused-ring (bicyclic) bond motifs is 1. The first-order valence-corrected chi connectivity index (χ1v) is 10.7. The second kappa shape index (κ2) is 9.83. The molecule has 0 amide bonds. The summed E-state index contributed by atoms with van der Waals surface area (Å²) in [7, 11) is 0. The molecular weight excluding hydrogens is 438 g/mol. The Morgan fingerprint density at radius 3 is 1.38 bits per heavy atom. The normalized spacial score (nSPS) is 10.8. The van der Waals surface area contributed by atoms with Crippen LogP contribution in [0.2, 0.25) is 0 Å². The van der Waals surface area contributed by atoms with Gasteiger partial charge in [0, 0.05) is 10.8 Å². The van der Waals surface area contributed by atoms with Crippen molar-refractivity contribution in [3.05, 3.63) is 107 Å². The van der Waals surface area contributed by atoms with Gasteiger partial charge in [0.15, 0.2) is 13.2 Å². The molecule has 4 aromatic rings. The Kier molecular flexibility index (Phi) is 6.68. The number of rotatable bonds is 8. The summed E-state index contributed by atoms with van der Waals surface area (Å²) in [6, 6.07) is 18.8. The fourth-order valence-electron chi connectivity index (χ4n) is 3.76. The molecule has 0 radical (unpaired) electrons. The van der Waals surface area contributed by atoms with E-state index in [1.165, 1.54) is 36.4 Å². The summed E-state index contributed by atoms with van der Waals surface area (Å²) < 4.78 is 39.6. The van der Waals surface area contributed by atoms with Gasteiger partial charge in [-0.15, -0.1) is 0 Å². The maximum Gasteiger partial charge on any atom is 0.203 e. The van der Waals surface area contributed by atoms with Crippen LogP contribution >= 0.6 is 0 Å². The summed E-state index contributed by atoms with van der Waals surface area (Å²) >= 11 is 0. The van der Waals surface area contributed by atoms with Crippen LogP contribution in [-0.4, -0.2) is 24.8 Å². The zero-order chi connectivity index (χ0) is 24.2. The van der Waals surface area contributed by atoms with Gasteiger partial charge in [0.2, 0.25) is 11.6 Å². The van der Waals surface area contributed by atoms with E-state index in [0.29, 0.717) is 22.3 Å². The van der Waals surface area contributed by atoms with Crippen LogP contribution < -0.4 is 9.47 Å². The maximum absolute atomic E-state index is 13.9. The van der Waals surface area contributed by atoms with Crippen molar-refractivity contribution >= 4 is 22.3 Å². The van der Waals surface area contributed by atoms with Gasteiger partial charge < -0.3 is 9.47 Å². The molecule has 0 saturated heterocycles. The summed E-state index contributed by atoms with van der Waals surface area (Å²) in [5, 5.41) is 1.36. The van der Waals surface area contributed by atoms with Crippen molar-refractivity contribution in [3.8, 4) is 11.5 Å². The molecule has 172 valence electrons. The molecule has 6 heteroatoms. The molecule has 0 saturated carbocycles. The molecule has 0 fully saturated rings. The van der Waals surface area contributed by atoms with Crippen LogP contribution in [-0.2, 0) is 0 Å². The van der Waals surface area contributed by atoms with Crippen LogP contribution in [0.5, 0.6) is 11.5 Å². The highest BCUT2D eigenvalue weighted by atomic mass is 19.1. The fraction of sp³-hybridized carbons (Fsp3) is 0.143. The number of ketones is 2. The molecule has 0 aliphatic rings. The predicted molar refractivity (Wildman–Crippen MR) is 126 cm³/mol. The van der Waals surface area contributed by atoms with Gasteiger partial charge in [0.05, 0.1) is 11.1 Å². The van der Waals surface area contributed by atoms with Gasteiger partial charge in [-0.05, 0) is 49.2 Å². The summed E-state index contributed by atoms with van der Waals surface area (Å²) in [6.45, 7) is 3.00. The lowest BCUT2D eigenvalue weighted by Crippen LogP contribution is -2.14. The van der Waals surface area contributed by atoms with Gasteiger partial charge in [0.25, 0.3) is 0 Å². The highest BCUT2D eigenvalue weighted by molar-refractivity contribution is 6.00. The number of carbonyl (C=O) groups is 2. The first-order valence-electron chi connectivity index (χ1n) is 10.7. The second-order valence-electron chi connectivity index (χ2n) is 7.90. The van der Waals surface area contributed by atoms with Crippen LogP contribution in [0.15, 0.2) is 72.8 Å². The van der Waals surface area contributed by atoms with Crippen molar-refractivity contribution in [1.29, 1.82) is 0 Å². The number of hydrogen-bond donors (Lipinski definition) is 0. The monoisotopic (exact) mass is 460 g/mol. The van der Waals surface area contributed by atoms with Crippen LogP contribution in [0, 0.1) is 25.5 Å². The first-order chi connectivity index (χ1) is 16.4. The molecule has 4 rings (SSSR count). The van der Waals surface area contributed by atoms with E-state index in [-0.39, 0.29) is 24.3 Å².